The summed E-state index contributed by atoms with van der Waals surface area (Å²) in [6, 6.07) is 23.9. The van der Waals surface area contributed by atoms with Crippen molar-refractivity contribution in [2.75, 3.05) is 0 Å². The van der Waals surface area contributed by atoms with E-state index >= 15 is 0 Å². The second-order valence-electron chi connectivity index (χ2n) is 9.28. The highest BCUT2D eigenvalue weighted by Gasteiger charge is 2.43. The maximum absolute atomic E-state index is 13.5. The van der Waals surface area contributed by atoms with E-state index in [-0.39, 0.29) is 0 Å². The minimum atomic E-state index is -1.29. The Labute approximate surface area is 201 Å². The third-order valence-corrected chi connectivity index (χ3v) is 5.79. The molecule has 3 aromatic rings. The highest BCUT2D eigenvalue weighted by molar-refractivity contribution is 6.31. The number of esters is 1. The molecule has 4 nitrogen and oxygen atoms in total. The topological polar surface area (TPSA) is 61.5 Å². The van der Waals surface area contributed by atoms with Crippen molar-refractivity contribution in [2.45, 2.75) is 58.0 Å². The fourth-order valence-electron chi connectivity index (χ4n) is 3.90. The average molecular weight is 466 g/mol. The van der Waals surface area contributed by atoms with Crippen LogP contribution in [0.1, 0.15) is 49.9 Å². The highest BCUT2D eigenvalue weighted by Crippen LogP contribution is 2.43. The second-order valence-corrected chi connectivity index (χ2v) is 9.68. The van der Waals surface area contributed by atoms with Gasteiger partial charge in [-0.05, 0) is 40.7 Å². The van der Waals surface area contributed by atoms with Gasteiger partial charge in [0.05, 0.1) is 11.7 Å². The molecule has 0 aromatic heterocycles. The lowest BCUT2D eigenvalue weighted by Gasteiger charge is -2.37. The first-order valence-electron chi connectivity index (χ1n) is 11.1. The van der Waals surface area contributed by atoms with Gasteiger partial charge in [-0.25, -0.2) is 0 Å². The third-order valence-electron chi connectivity index (χ3n) is 5.46. The third kappa shape index (κ3) is 5.64. The summed E-state index contributed by atoms with van der Waals surface area (Å²) in [6.45, 7) is 9.56. The lowest BCUT2D eigenvalue weighted by Crippen LogP contribution is -2.49. The van der Waals surface area contributed by atoms with Gasteiger partial charge in [-0.3, -0.25) is 4.79 Å². The first kappa shape index (κ1) is 25.0. The van der Waals surface area contributed by atoms with Crippen LogP contribution in [0.4, 0.5) is 0 Å². The Morgan fingerprint density at radius 1 is 0.879 bits per heavy atom. The SMILES string of the molecule is Cc1ccc(C(OC(=O)[C@H](N)[C@H](C)OC(C)(C)C)(c2ccccc2)c2ccccc2Cl)cc1. The van der Waals surface area contributed by atoms with Gasteiger partial charge in [0.15, 0.2) is 5.60 Å². The number of aryl methyl sites for hydroxylation is 1. The molecule has 0 radical (unpaired) electrons. The molecular formula is C28H32ClNO3. The van der Waals surface area contributed by atoms with Crippen LogP contribution in [-0.2, 0) is 19.9 Å². The molecule has 174 valence electrons. The van der Waals surface area contributed by atoms with Gasteiger partial charge in [-0.15, -0.1) is 0 Å². The van der Waals surface area contributed by atoms with Crippen LogP contribution < -0.4 is 5.73 Å². The number of rotatable bonds is 7. The van der Waals surface area contributed by atoms with Gasteiger partial charge in [0.2, 0.25) is 0 Å². The van der Waals surface area contributed by atoms with Crippen molar-refractivity contribution in [1.29, 1.82) is 0 Å². The van der Waals surface area contributed by atoms with E-state index in [1.165, 1.54) is 0 Å². The van der Waals surface area contributed by atoms with Gasteiger partial charge in [0.25, 0.3) is 0 Å². The minimum absolute atomic E-state index is 0.451. The van der Waals surface area contributed by atoms with Crippen LogP contribution in [0.2, 0.25) is 5.02 Å². The number of benzene rings is 3. The first-order chi connectivity index (χ1) is 15.5. The Morgan fingerprint density at radius 2 is 1.42 bits per heavy atom. The van der Waals surface area contributed by atoms with E-state index in [1.807, 2.05) is 100 Å². The average Bonchev–Trinajstić information content (AvgIpc) is 2.77. The molecule has 33 heavy (non-hydrogen) atoms. The van der Waals surface area contributed by atoms with Gasteiger partial charge in [0, 0.05) is 21.7 Å². The van der Waals surface area contributed by atoms with Crippen LogP contribution in [0.5, 0.6) is 0 Å². The molecule has 3 atom stereocenters. The molecule has 0 spiro atoms. The zero-order valence-electron chi connectivity index (χ0n) is 19.8. The summed E-state index contributed by atoms with van der Waals surface area (Å²) in [7, 11) is 0. The summed E-state index contributed by atoms with van der Waals surface area (Å²) >= 11 is 6.71. The van der Waals surface area contributed by atoms with E-state index in [9.17, 15) is 4.79 Å². The van der Waals surface area contributed by atoms with E-state index in [4.69, 9.17) is 26.8 Å². The second kappa shape index (κ2) is 10.1. The van der Waals surface area contributed by atoms with Crippen molar-refractivity contribution in [3.63, 3.8) is 0 Å². The summed E-state index contributed by atoms with van der Waals surface area (Å²) in [5.74, 6) is -0.573. The predicted molar refractivity (Wildman–Crippen MR) is 133 cm³/mol. The molecule has 3 rings (SSSR count). The first-order valence-corrected chi connectivity index (χ1v) is 11.5. The van der Waals surface area contributed by atoms with Gasteiger partial charge < -0.3 is 15.2 Å². The van der Waals surface area contributed by atoms with Crippen molar-refractivity contribution in [3.05, 3.63) is 106 Å². The van der Waals surface area contributed by atoms with Crippen molar-refractivity contribution < 1.29 is 14.3 Å². The van der Waals surface area contributed by atoms with Crippen LogP contribution >= 0.6 is 11.6 Å². The van der Waals surface area contributed by atoms with Gasteiger partial charge >= 0.3 is 5.97 Å². The zero-order valence-corrected chi connectivity index (χ0v) is 20.6. The number of ether oxygens (including phenoxy) is 2. The summed E-state index contributed by atoms with van der Waals surface area (Å²) in [4.78, 5) is 13.5. The summed E-state index contributed by atoms with van der Waals surface area (Å²) in [5, 5.41) is 0.488. The van der Waals surface area contributed by atoms with Crippen LogP contribution in [-0.4, -0.2) is 23.7 Å². The minimum Gasteiger partial charge on any atom is -0.443 e. The maximum atomic E-state index is 13.5. The maximum Gasteiger partial charge on any atom is 0.327 e. The molecule has 0 aliphatic rings. The molecule has 1 unspecified atom stereocenters. The Balaban J connectivity index is 2.19. The summed E-state index contributed by atoms with van der Waals surface area (Å²) in [6.07, 6.45) is -0.546. The molecule has 0 aliphatic carbocycles. The Morgan fingerprint density at radius 3 is 2.00 bits per heavy atom. The molecule has 0 saturated carbocycles. The zero-order chi connectivity index (χ0) is 24.2. The number of carbonyl (C=O) groups is 1. The van der Waals surface area contributed by atoms with Crippen molar-refractivity contribution in [1.82, 2.24) is 0 Å². The molecule has 0 fully saturated rings. The normalized spacial score (nSPS) is 15.4. The predicted octanol–water partition coefficient (Wildman–Crippen LogP) is 6.01. The van der Waals surface area contributed by atoms with E-state index in [2.05, 4.69) is 0 Å². The fourth-order valence-corrected chi connectivity index (χ4v) is 4.17. The van der Waals surface area contributed by atoms with Crippen LogP contribution in [0.25, 0.3) is 0 Å². The standard InChI is InChI=1S/C28H32ClNO3/c1-19-15-17-22(18-16-19)28(21-11-7-6-8-12-21,23-13-9-10-14-24(23)29)33-26(31)25(30)20(2)32-27(3,4)5/h6-18,20,25H,30H2,1-5H3/t20-,25+,28?/m0/s1. The largest absolute Gasteiger partial charge is 0.443 e. The Hall–Kier alpha value is -2.66. The molecule has 0 amide bonds. The number of halogens is 1. The molecule has 5 heteroatoms. The highest BCUT2D eigenvalue weighted by atomic mass is 35.5. The van der Waals surface area contributed by atoms with Crippen LogP contribution in [0.3, 0.4) is 0 Å². The smallest absolute Gasteiger partial charge is 0.327 e. The van der Waals surface area contributed by atoms with Crippen molar-refractivity contribution in [3.8, 4) is 0 Å². The summed E-state index contributed by atoms with van der Waals surface area (Å²) in [5.41, 5.74) is 7.90. The number of nitrogens with two attached hydrogens (primary N) is 1. The van der Waals surface area contributed by atoms with E-state index in [0.29, 0.717) is 10.6 Å². The molecule has 0 saturated heterocycles. The quantitative estimate of drug-likeness (QED) is 0.342. The molecule has 0 aliphatic heterocycles. The number of hydrogen-bond donors (Lipinski definition) is 1. The Bertz CT molecular complexity index is 1080. The van der Waals surface area contributed by atoms with Crippen molar-refractivity contribution >= 4 is 17.6 Å². The molecule has 3 aromatic carbocycles. The van der Waals surface area contributed by atoms with Crippen LogP contribution in [0.15, 0.2) is 78.9 Å². The fraction of sp³-hybridized carbons (Fsp3) is 0.321. The van der Waals surface area contributed by atoms with Crippen molar-refractivity contribution in [2.24, 2.45) is 5.73 Å². The van der Waals surface area contributed by atoms with E-state index in [1.54, 1.807) is 13.0 Å². The van der Waals surface area contributed by atoms with Gasteiger partial charge in [-0.2, -0.15) is 0 Å². The van der Waals surface area contributed by atoms with Gasteiger partial charge in [0.1, 0.15) is 6.04 Å². The molecular weight excluding hydrogens is 434 g/mol. The lowest BCUT2D eigenvalue weighted by molar-refractivity contribution is -0.161. The lowest BCUT2D eigenvalue weighted by atomic mass is 9.79. The van der Waals surface area contributed by atoms with Gasteiger partial charge in [-0.1, -0.05) is 90.0 Å². The monoisotopic (exact) mass is 465 g/mol. The molecule has 2 N–H and O–H groups in total. The molecule has 0 bridgehead atoms. The number of carbonyl (C=O) groups excluding carboxylic acids is 1. The molecule has 0 heterocycles. The van der Waals surface area contributed by atoms with E-state index < -0.39 is 29.3 Å². The van der Waals surface area contributed by atoms with E-state index in [0.717, 1.165) is 16.7 Å². The van der Waals surface area contributed by atoms with Crippen LogP contribution in [0, 0.1) is 6.92 Å². The number of hydrogen-bond acceptors (Lipinski definition) is 4. The summed E-state index contributed by atoms with van der Waals surface area (Å²) < 4.78 is 12.3. The Kier molecular flexibility index (Phi) is 7.63.